The molecule has 0 N–H and O–H groups in total. The Labute approximate surface area is 94.6 Å². The molecule has 3 nitrogen and oxygen atoms in total. The summed E-state index contributed by atoms with van der Waals surface area (Å²) in [7, 11) is 1.39. The normalized spacial score (nSPS) is 11.0. The molecular formula is C13H15NO2. The van der Waals surface area contributed by atoms with Crippen LogP contribution in [0.4, 0.5) is 0 Å². The first kappa shape index (κ1) is 10.7. The molecule has 84 valence electrons. The molecule has 0 bridgehead atoms. The van der Waals surface area contributed by atoms with E-state index in [4.69, 9.17) is 4.74 Å². The van der Waals surface area contributed by atoms with Gasteiger partial charge in [0.2, 0.25) is 0 Å². The molecule has 0 saturated heterocycles. The minimum absolute atomic E-state index is 0.292. The van der Waals surface area contributed by atoms with E-state index >= 15 is 0 Å². The summed E-state index contributed by atoms with van der Waals surface area (Å²) >= 11 is 0. The highest BCUT2D eigenvalue weighted by atomic mass is 16.5. The third kappa shape index (κ3) is 1.69. The van der Waals surface area contributed by atoms with E-state index in [-0.39, 0.29) is 5.97 Å². The van der Waals surface area contributed by atoms with Crippen LogP contribution in [0, 0.1) is 0 Å². The van der Waals surface area contributed by atoms with Gasteiger partial charge in [0.25, 0.3) is 0 Å². The summed E-state index contributed by atoms with van der Waals surface area (Å²) < 4.78 is 6.87. The van der Waals surface area contributed by atoms with E-state index in [9.17, 15) is 4.79 Å². The summed E-state index contributed by atoms with van der Waals surface area (Å²) in [6, 6.07) is 8.05. The Hall–Kier alpha value is -1.77. The molecular weight excluding hydrogens is 202 g/mol. The molecule has 3 heteroatoms. The molecule has 1 heterocycles. The number of fused-ring (bicyclic) bond motifs is 1. The van der Waals surface area contributed by atoms with Crippen molar-refractivity contribution in [2.45, 2.75) is 19.9 Å². The molecule has 0 aliphatic rings. The summed E-state index contributed by atoms with van der Waals surface area (Å²) in [5, 5.41) is 1.07. The van der Waals surface area contributed by atoms with Crippen molar-refractivity contribution in [1.82, 2.24) is 4.57 Å². The lowest BCUT2D eigenvalue weighted by atomic mass is 10.1. The molecule has 1 aromatic heterocycles. The number of rotatable bonds is 2. The zero-order chi connectivity index (χ0) is 11.7. The van der Waals surface area contributed by atoms with Crippen molar-refractivity contribution in [3.8, 4) is 0 Å². The number of carbonyl (C=O) groups is 1. The van der Waals surface area contributed by atoms with E-state index in [1.807, 2.05) is 24.4 Å². The van der Waals surface area contributed by atoms with Gasteiger partial charge in [-0.2, -0.15) is 0 Å². The van der Waals surface area contributed by atoms with Crippen molar-refractivity contribution >= 4 is 16.9 Å². The summed E-state index contributed by atoms with van der Waals surface area (Å²) in [5.74, 6) is -0.292. The average molecular weight is 217 g/mol. The maximum Gasteiger partial charge on any atom is 0.337 e. The van der Waals surface area contributed by atoms with Crippen LogP contribution in [0.15, 0.2) is 30.5 Å². The smallest absolute Gasteiger partial charge is 0.337 e. The Morgan fingerprint density at radius 3 is 2.69 bits per heavy atom. The number of benzene rings is 1. The van der Waals surface area contributed by atoms with Crippen molar-refractivity contribution in [3.05, 3.63) is 36.0 Å². The monoisotopic (exact) mass is 217 g/mol. The standard InChI is InChI=1S/C13H15NO2/c1-9(2)14-7-6-10-8-11(13(15)16-3)4-5-12(10)14/h4-9H,1-3H3. The summed E-state index contributed by atoms with van der Waals surface area (Å²) in [4.78, 5) is 11.4. The fourth-order valence-electron chi connectivity index (χ4n) is 1.86. The van der Waals surface area contributed by atoms with Gasteiger partial charge >= 0.3 is 5.97 Å². The number of carbonyl (C=O) groups excluding carboxylic acids is 1. The lowest BCUT2D eigenvalue weighted by Gasteiger charge is -2.09. The van der Waals surface area contributed by atoms with E-state index in [1.54, 1.807) is 6.07 Å². The van der Waals surface area contributed by atoms with Gasteiger partial charge in [0.1, 0.15) is 0 Å². The van der Waals surface area contributed by atoms with Crippen molar-refractivity contribution in [2.75, 3.05) is 7.11 Å². The Kier molecular flexibility index (Phi) is 2.69. The van der Waals surface area contributed by atoms with Crippen LogP contribution in [0.1, 0.15) is 30.2 Å². The number of aromatic nitrogens is 1. The minimum atomic E-state index is -0.292. The molecule has 1 aromatic carbocycles. The maximum absolute atomic E-state index is 11.4. The predicted molar refractivity (Wildman–Crippen MR) is 63.7 cm³/mol. The van der Waals surface area contributed by atoms with Gasteiger partial charge in [-0.05, 0) is 38.1 Å². The van der Waals surface area contributed by atoms with E-state index in [1.165, 1.54) is 7.11 Å². The van der Waals surface area contributed by atoms with Gasteiger partial charge < -0.3 is 9.30 Å². The van der Waals surface area contributed by atoms with Crippen molar-refractivity contribution < 1.29 is 9.53 Å². The lowest BCUT2D eigenvalue weighted by Crippen LogP contribution is -2.01. The number of nitrogens with zero attached hydrogens (tertiary/aromatic N) is 1. The van der Waals surface area contributed by atoms with Gasteiger partial charge in [0.15, 0.2) is 0 Å². The highest BCUT2D eigenvalue weighted by Crippen LogP contribution is 2.21. The molecule has 2 aromatic rings. The van der Waals surface area contributed by atoms with E-state index in [0.29, 0.717) is 11.6 Å². The van der Waals surface area contributed by atoms with Crippen LogP contribution in [0.5, 0.6) is 0 Å². The zero-order valence-corrected chi connectivity index (χ0v) is 9.73. The van der Waals surface area contributed by atoms with Crippen LogP contribution in [-0.4, -0.2) is 17.6 Å². The Morgan fingerprint density at radius 1 is 1.31 bits per heavy atom. The quantitative estimate of drug-likeness (QED) is 0.724. The van der Waals surface area contributed by atoms with Crippen LogP contribution < -0.4 is 0 Å². The first-order valence-electron chi connectivity index (χ1n) is 5.32. The van der Waals surface area contributed by atoms with Gasteiger partial charge in [-0.15, -0.1) is 0 Å². The zero-order valence-electron chi connectivity index (χ0n) is 9.73. The van der Waals surface area contributed by atoms with Crippen molar-refractivity contribution in [2.24, 2.45) is 0 Å². The maximum atomic E-state index is 11.4. The summed E-state index contributed by atoms with van der Waals surface area (Å²) in [5.41, 5.74) is 1.74. The number of hydrogen-bond donors (Lipinski definition) is 0. The highest BCUT2D eigenvalue weighted by molar-refractivity contribution is 5.94. The number of hydrogen-bond acceptors (Lipinski definition) is 2. The second-order valence-corrected chi connectivity index (χ2v) is 4.08. The van der Waals surface area contributed by atoms with Gasteiger partial charge in [-0.1, -0.05) is 0 Å². The van der Waals surface area contributed by atoms with E-state index in [0.717, 1.165) is 10.9 Å². The molecule has 0 radical (unpaired) electrons. The molecule has 0 atom stereocenters. The van der Waals surface area contributed by atoms with Crippen molar-refractivity contribution in [3.63, 3.8) is 0 Å². The molecule has 0 spiro atoms. The number of methoxy groups -OCH3 is 1. The molecule has 0 aliphatic carbocycles. The second kappa shape index (κ2) is 4.00. The van der Waals surface area contributed by atoms with Gasteiger partial charge in [-0.3, -0.25) is 0 Å². The number of esters is 1. The van der Waals surface area contributed by atoms with E-state index in [2.05, 4.69) is 18.4 Å². The van der Waals surface area contributed by atoms with E-state index < -0.39 is 0 Å². The molecule has 0 unspecified atom stereocenters. The van der Waals surface area contributed by atoms with Crippen LogP contribution in [0.3, 0.4) is 0 Å². The third-order valence-corrected chi connectivity index (χ3v) is 2.70. The number of ether oxygens (including phenoxy) is 1. The molecule has 0 fully saturated rings. The topological polar surface area (TPSA) is 31.2 Å². The highest BCUT2D eigenvalue weighted by Gasteiger charge is 2.08. The van der Waals surface area contributed by atoms with Crippen LogP contribution in [0.25, 0.3) is 10.9 Å². The van der Waals surface area contributed by atoms with Crippen LogP contribution >= 0.6 is 0 Å². The average Bonchev–Trinajstić information content (AvgIpc) is 2.70. The van der Waals surface area contributed by atoms with Gasteiger partial charge in [0, 0.05) is 23.1 Å². The van der Waals surface area contributed by atoms with Crippen LogP contribution in [0.2, 0.25) is 0 Å². The lowest BCUT2D eigenvalue weighted by molar-refractivity contribution is 0.0601. The second-order valence-electron chi connectivity index (χ2n) is 4.08. The predicted octanol–water partition coefficient (Wildman–Crippen LogP) is 3.01. The molecule has 2 rings (SSSR count). The Morgan fingerprint density at radius 2 is 2.06 bits per heavy atom. The molecule has 0 aliphatic heterocycles. The molecule has 0 saturated carbocycles. The first-order valence-corrected chi connectivity index (χ1v) is 5.32. The molecule has 0 amide bonds. The first-order chi connectivity index (χ1) is 7.63. The van der Waals surface area contributed by atoms with Gasteiger partial charge in [-0.25, -0.2) is 4.79 Å². The SMILES string of the molecule is COC(=O)c1ccc2c(ccn2C(C)C)c1. The fraction of sp³-hybridized carbons (Fsp3) is 0.308. The van der Waals surface area contributed by atoms with Crippen molar-refractivity contribution in [1.29, 1.82) is 0 Å². The Bertz CT molecular complexity index is 526. The Balaban J connectivity index is 2.53. The summed E-state index contributed by atoms with van der Waals surface area (Å²) in [6.07, 6.45) is 2.04. The van der Waals surface area contributed by atoms with Gasteiger partial charge in [0.05, 0.1) is 12.7 Å². The largest absolute Gasteiger partial charge is 0.465 e. The third-order valence-electron chi connectivity index (χ3n) is 2.70. The fourth-order valence-corrected chi connectivity index (χ4v) is 1.86. The van der Waals surface area contributed by atoms with Crippen LogP contribution in [-0.2, 0) is 4.74 Å². The summed E-state index contributed by atoms with van der Waals surface area (Å²) in [6.45, 7) is 4.27. The minimum Gasteiger partial charge on any atom is -0.465 e. The molecule has 16 heavy (non-hydrogen) atoms.